The molecule has 0 aromatic heterocycles. The van der Waals surface area contributed by atoms with Crippen molar-refractivity contribution in [1.82, 2.24) is 0 Å². The van der Waals surface area contributed by atoms with Gasteiger partial charge in [0.1, 0.15) is 11.5 Å². The normalized spacial score (nSPS) is 13.7. The van der Waals surface area contributed by atoms with Crippen LogP contribution in [-0.2, 0) is 5.41 Å². The molecule has 0 heterocycles. The molecule has 6 rings (SSSR count). The fourth-order valence-corrected chi connectivity index (χ4v) is 5.20. The maximum absolute atomic E-state index is 9.99. The van der Waals surface area contributed by atoms with E-state index < -0.39 is 5.41 Å². The number of benzene rings is 5. The van der Waals surface area contributed by atoms with E-state index in [1.807, 2.05) is 18.2 Å². The number of aromatic hydroxyl groups is 2. The van der Waals surface area contributed by atoms with Crippen molar-refractivity contribution >= 4 is 10.8 Å². The fourth-order valence-electron chi connectivity index (χ4n) is 5.20. The van der Waals surface area contributed by atoms with Crippen LogP contribution in [0.3, 0.4) is 0 Å². The molecule has 1 aliphatic carbocycles. The van der Waals surface area contributed by atoms with Crippen LogP contribution in [0, 0.1) is 0 Å². The van der Waals surface area contributed by atoms with Gasteiger partial charge in [0.25, 0.3) is 0 Å². The van der Waals surface area contributed by atoms with E-state index in [-0.39, 0.29) is 11.5 Å². The first-order valence-corrected chi connectivity index (χ1v) is 10.4. The van der Waals surface area contributed by atoms with Gasteiger partial charge in [-0.05, 0) is 74.5 Å². The number of hydrogen-bond acceptors (Lipinski definition) is 2. The van der Waals surface area contributed by atoms with Gasteiger partial charge >= 0.3 is 0 Å². The van der Waals surface area contributed by atoms with Crippen LogP contribution in [0.4, 0.5) is 0 Å². The van der Waals surface area contributed by atoms with Crippen molar-refractivity contribution in [3.05, 3.63) is 131 Å². The highest BCUT2D eigenvalue weighted by atomic mass is 16.3. The lowest BCUT2D eigenvalue weighted by Crippen LogP contribution is -2.28. The van der Waals surface area contributed by atoms with E-state index >= 15 is 0 Å². The molecule has 0 saturated carbocycles. The summed E-state index contributed by atoms with van der Waals surface area (Å²) in [5, 5.41) is 22.0. The second-order valence-corrected chi connectivity index (χ2v) is 8.13. The molecule has 148 valence electrons. The molecule has 0 bridgehead atoms. The third-order valence-corrected chi connectivity index (χ3v) is 6.51. The van der Waals surface area contributed by atoms with Gasteiger partial charge in [-0.1, -0.05) is 78.9 Å². The minimum absolute atomic E-state index is 0.257. The van der Waals surface area contributed by atoms with Crippen molar-refractivity contribution in [3.8, 4) is 22.6 Å². The third kappa shape index (κ3) is 2.45. The maximum atomic E-state index is 9.99. The van der Waals surface area contributed by atoms with E-state index in [0.717, 1.165) is 21.9 Å². The molecule has 0 spiro atoms. The maximum Gasteiger partial charge on any atom is 0.116 e. The van der Waals surface area contributed by atoms with E-state index in [0.29, 0.717) is 0 Å². The van der Waals surface area contributed by atoms with Gasteiger partial charge in [-0.15, -0.1) is 0 Å². The van der Waals surface area contributed by atoms with Crippen molar-refractivity contribution in [1.29, 1.82) is 0 Å². The topological polar surface area (TPSA) is 40.5 Å². The Kier molecular flexibility index (Phi) is 3.72. The summed E-state index contributed by atoms with van der Waals surface area (Å²) >= 11 is 0. The molecule has 0 unspecified atom stereocenters. The highest BCUT2D eigenvalue weighted by molar-refractivity contribution is 5.89. The number of hydrogen-bond donors (Lipinski definition) is 2. The molecule has 5 aromatic carbocycles. The predicted octanol–water partition coefficient (Wildman–Crippen LogP) is 6.61. The Morgan fingerprint density at radius 3 is 1.65 bits per heavy atom. The molecule has 0 fully saturated rings. The van der Waals surface area contributed by atoms with Crippen molar-refractivity contribution in [2.24, 2.45) is 0 Å². The zero-order valence-electron chi connectivity index (χ0n) is 16.8. The van der Waals surface area contributed by atoms with Crippen LogP contribution < -0.4 is 0 Å². The quantitative estimate of drug-likeness (QED) is 0.343. The Morgan fingerprint density at radius 2 is 0.968 bits per heavy atom. The average molecular weight is 400 g/mol. The van der Waals surface area contributed by atoms with Gasteiger partial charge in [0.15, 0.2) is 0 Å². The third-order valence-electron chi connectivity index (χ3n) is 6.51. The Hall–Kier alpha value is -4.04. The summed E-state index contributed by atoms with van der Waals surface area (Å²) in [5.74, 6) is 0.525. The Morgan fingerprint density at radius 1 is 0.452 bits per heavy atom. The molecule has 0 aliphatic heterocycles. The minimum atomic E-state index is -0.493. The summed E-state index contributed by atoms with van der Waals surface area (Å²) in [5.41, 5.74) is 6.72. The number of fused-ring (bicyclic) bond motifs is 4. The molecule has 2 nitrogen and oxygen atoms in total. The van der Waals surface area contributed by atoms with E-state index in [4.69, 9.17) is 0 Å². The molecule has 0 radical (unpaired) electrons. The van der Waals surface area contributed by atoms with Crippen LogP contribution in [0.2, 0.25) is 0 Å². The van der Waals surface area contributed by atoms with Crippen LogP contribution in [0.5, 0.6) is 11.5 Å². The average Bonchev–Trinajstić information content (AvgIpc) is 3.11. The van der Waals surface area contributed by atoms with Crippen LogP contribution in [0.25, 0.3) is 21.9 Å². The first kappa shape index (κ1) is 17.8. The van der Waals surface area contributed by atoms with E-state index in [9.17, 15) is 10.2 Å². The van der Waals surface area contributed by atoms with Gasteiger partial charge in [-0.2, -0.15) is 0 Å². The Labute approximate surface area is 180 Å². The van der Waals surface area contributed by atoms with Gasteiger partial charge in [-0.3, -0.25) is 0 Å². The monoisotopic (exact) mass is 400 g/mol. The van der Waals surface area contributed by atoms with Crippen LogP contribution >= 0.6 is 0 Å². The van der Waals surface area contributed by atoms with Crippen molar-refractivity contribution < 1.29 is 10.2 Å². The van der Waals surface area contributed by atoms with E-state index in [1.54, 1.807) is 24.3 Å². The van der Waals surface area contributed by atoms with Crippen molar-refractivity contribution in [2.45, 2.75) is 5.41 Å². The summed E-state index contributed by atoms with van der Waals surface area (Å²) < 4.78 is 0. The van der Waals surface area contributed by atoms with Gasteiger partial charge in [0.05, 0.1) is 5.41 Å². The summed E-state index contributed by atoms with van der Waals surface area (Å²) in [6.45, 7) is 0. The van der Waals surface area contributed by atoms with Gasteiger partial charge in [0, 0.05) is 0 Å². The minimum Gasteiger partial charge on any atom is -0.508 e. The molecule has 2 N–H and O–H groups in total. The number of phenolic OH excluding ortho intramolecular Hbond substituents is 2. The molecule has 0 saturated heterocycles. The summed E-state index contributed by atoms with van der Waals surface area (Å²) in [7, 11) is 0. The number of rotatable bonds is 2. The molecule has 0 atom stereocenters. The summed E-state index contributed by atoms with van der Waals surface area (Å²) in [4.78, 5) is 0. The highest BCUT2D eigenvalue weighted by Gasteiger charge is 2.45. The molecule has 2 heteroatoms. The molecular weight excluding hydrogens is 380 g/mol. The summed E-state index contributed by atoms with van der Waals surface area (Å²) in [6, 6.07) is 36.7. The first-order chi connectivity index (χ1) is 15.2. The Balaban J connectivity index is 1.76. The lowest BCUT2D eigenvalue weighted by Gasteiger charge is -2.34. The molecule has 1 aliphatic rings. The lowest BCUT2D eigenvalue weighted by atomic mass is 9.67. The SMILES string of the molecule is Oc1ccc(C2(c3ccc4cc(O)ccc4c3)c3ccccc3-c3ccccc32)cc1. The van der Waals surface area contributed by atoms with E-state index in [2.05, 4.69) is 66.7 Å². The second-order valence-electron chi connectivity index (χ2n) is 8.13. The van der Waals surface area contributed by atoms with Gasteiger partial charge in [-0.25, -0.2) is 0 Å². The smallest absolute Gasteiger partial charge is 0.116 e. The largest absolute Gasteiger partial charge is 0.508 e. The lowest BCUT2D eigenvalue weighted by molar-refractivity contribution is 0.474. The molecular formula is C29H20O2. The number of phenols is 2. The van der Waals surface area contributed by atoms with Gasteiger partial charge < -0.3 is 10.2 Å². The Bertz CT molecular complexity index is 1400. The molecule has 5 aromatic rings. The molecule has 31 heavy (non-hydrogen) atoms. The van der Waals surface area contributed by atoms with Crippen LogP contribution in [0.1, 0.15) is 22.3 Å². The van der Waals surface area contributed by atoms with Gasteiger partial charge in [0.2, 0.25) is 0 Å². The van der Waals surface area contributed by atoms with Crippen LogP contribution in [-0.4, -0.2) is 10.2 Å². The summed E-state index contributed by atoms with van der Waals surface area (Å²) in [6.07, 6.45) is 0. The first-order valence-electron chi connectivity index (χ1n) is 10.4. The highest BCUT2D eigenvalue weighted by Crippen LogP contribution is 2.56. The fraction of sp³-hybridized carbons (Fsp3) is 0.0345. The second kappa shape index (κ2) is 6.48. The van der Waals surface area contributed by atoms with Crippen molar-refractivity contribution in [2.75, 3.05) is 0 Å². The zero-order valence-corrected chi connectivity index (χ0v) is 16.8. The van der Waals surface area contributed by atoms with Crippen LogP contribution in [0.15, 0.2) is 109 Å². The standard InChI is InChI=1S/C29H20O2/c30-23-15-12-21(13-16-23)29(22-11-9-20-18-24(31)14-10-19(20)17-22)27-7-3-1-5-25(27)26-6-2-4-8-28(26)29/h1-18,30-31H. The zero-order chi connectivity index (χ0) is 21.0. The van der Waals surface area contributed by atoms with E-state index in [1.165, 1.54) is 22.3 Å². The molecule has 0 amide bonds. The predicted molar refractivity (Wildman–Crippen MR) is 125 cm³/mol. The van der Waals surface area contributed by atoms with Crippen molar-refractivity contribution in [3.63, 3.8) is 0 Å².